The van der Waals surface area contributed by atoms with Crippen LogP contribution in [0.15, 0.2) is 55.1 Å². The average molecular weight is 417 g/mol. The van der Waals surface area contributed by atoms with Crippen LogP contribution in [-0.4, -0.2) is 30.7 Å². The van der Waals surface area contributed by atoms with Crippen molar-refractivity contribution < 1.29 is 9.90 Å². The van der Waals surface area contributed by atoms with E-state index < -0.39 is 11.6 Å². The first-order valence-electron chi connectivity index (χ1n) is 9.68. The number of nitrogen functional groups attached to an aromatic ring is 1. The van der Waals surface area contributed by atoms with Crippen molar-refractivity contribution in [1.29, 1.82) is 0 Å². The van der Waals surface area contributed by atoms with Gasteiger partial charge in [0.15, 0.2) is 5.82 Å². The first-order chi connectivity index (χ1) is 14.7. The SMILES string of the molecule is Cc1ccnc(NC(=O)Nc2ccc(-c3c(C(C)(C)O)cn4ncnc(N)c34)cc2)c1. The molecule has 158 valence electrons. The number of benzene rings is 1. The highest BCUT2D eigenvalue weighted by Crippen LogP contribution is 2.38. The topological polar surface area (TPSA) is 130 Å². The number of aryl methyl sites for hydroxylation is 1. The predicted octanol–water partition coefficient (Wildman–Crippen LogP) is 3.55. The number of nitrogens with zero attached hydrogens (tertiary/aromatic N) is 4. The molecule has 3 heterocycles. The van der Waals surface area contributed by atoms with E-state index in [2.05, 4.69) is 25.7 Å². The van der Waals surface area contributed by atoms with Gasteiger partial charge in [0.1, 0.15) is 17.7 Å². The van der Waals surface area contributed by atoms with Crippen LogP contribution < -0.4 is 16.4 Å². The van der Waals surface area contributed by atoms with E-state index in [1.807, 2.05) is 25.1 Å². The van der Waals surface area contributed by atoms with E-state index in [-0.39, 0.29) is 0 Å². The molecule has 2 amide bonds. The molecule has 0 unspecified atom stereocenters. The number of amides is 2. The highest BCUT2D eigenvalue weighted by atomic mass is 16.3. The summed E-state index contributed by atoms with van der Waals surface area (Å²) in [6.07, 6.45) is 4.75. The number of nitrogens with one attached hydrogen (secondary N) is 2. The number of hydrogen-bond donors (Lipinski definition) is 4. The fraction of sp³-hybridized carbons (Fsp3) is 0.182. The minimum atomic E-state index is -1.12. The van der Waals surface area contributed by atoms with Gasteiger partial charge in [0.25, 0.3) is 0 Å². The first kappa shape index (κ1) is 20.3. The molecule has 4 rings (SSSR count). The molecule has 0 bridgehead atoms. The Bertz CT molecular complexity index is 1260. The standard InChI is InChI=1S/C22H23N7O2/c1-13-8-9-24-17(10-13)28-21(30)27-15-6-4-14(5-7-15)18-16(22(2,3)31)11-29-19(18)20(23)25-12-26-29/h4-12,31H,1-3H3,(H2,23,25,26)(H2,24,27,28,30). The van der Waals surface area contributed by atoms with Crippen molar-refractivity contribution in [2.24, 2.45) is 0 Å². The van der Waals surface area contributed by atoms with Crippen molar-refractivity contribution in [3.8, 4) is 11.1 Å². The molecule has 0 aliphatic carbocycles. The summed E-state index contributed by atoms with van der Waals surface area (Å²) in [5.41, 5.74) is 9.43. The molecular formula is C22H23N7O2. The largest absolute Gasteiger partial charge is 0.386 e. The van der Waals surface area contributed by atoms with Gasteiger partial charge >= 0.3 is 6.03 Å². The molecule has 0 radical (unpaired) electrons. The second-order valence-corrected chi connectivity index (χ2v) is 7.79. The average Bonchev–Trinajstić information content (AvgIpc) is 3.10. The summed E-state index contributed by atoms with van der Waals surface area (Å²) in [5.74, 6) is 0.785. The molecule has 0 atom stereocenters. The van der Waals surface area contributed by atoms with Crippen molar-refractivity contribution >= 4 is 28.9 Å². The van der Waals surface area contributed by atoms with Gasteiger partial charge in [0, 0.05) is 29.2 Å². The lowest BCUT2D eigenvalue weighted by molar-refractivity contribution is 0.0792. The number of anilines is 3. The summed E-state index contributed by atoms with van der Waals surface area (Å²) in [7, 11) is 0. The fourth-order valence-corrected chi connectivity index (χ4v) is 3.39. The molecule has 5 N–H and O–H groups in total. The molecular weight excluding hydrogens is 394 g/mol. The zero-order valence-electron chi connectivity index (χ0n) is 17.4. The molecule has 3 aromatic heterocycles. The Morgan fingerprint density at radius 2 is 1.87 bits per heavy atom. The summed E-state index contributed by atoms with van der Waals surface area (Å²) < 4.78 is 1.61. The first-order valence-corrected chi connectivity index (χ1v) is 9.68. The lowest BCUT2D eigenvalue weighted by atomic mass is 9.92. The molecule has 31 heavy (non-hydrogen) atoms. The number of urea groups is 1. The molecule has 9 heteroatoms. The van der Waals surface area contributed by atoms with Crippen LogP contribution >= 0.6 is 0 Å². The Balaban J connectivity index is 1.63. The van der Waals surface area contributed by atoms with E-state index >= 15 is 0 Å². The summed E-state index contributed by atoms with van der Waals surface area (Å²) in [6.45, 7) is 5.33. The number of fused-ring (bicyclic) bond motifs is 1. The minimum Gasteiger partial charge on any atom is -0.386 e. The molecule has 0 aliphatic rings. The summed E-state index contributed by atoms with van der Waals surface area (Å²) in [5, 5.41) is 20.4. The normalized spacial score (nSPS) is 11.5. The van der Waals surface area contributed by atoms with Crippen LogP contribution in [0.5, 0.6) is 0 Å². The third kappa shape index (κ3) is 4.17. The summed E-state index contributed by atoms with van der Waals surface area (Å²) >= 11 is 0. The van der Waals surface area contributed by atoms with E-state index in [0.717, 1.165) is 16.7 Å². The van der Waals surface area contributed by atoms with Gasteiger partial charge in [-0.25, -0.2) is 19.3 Å². The molecule has 4 aromatic rings. The number of pyridine rings is 1. The van der Waals surface area contributed by atoms with Gasteiger partial charge in [0.2, 0.25) is 0 Å². The second kappa shape index (κ2) is 7.69. The maximum Gasteiger partial charge on any atom is 0.324 e. The van der Waals surface area contributed by atoms with Crippen LogP contribution in [-0.2, 0) is 5.60 Å². The minimum absolute atomic E-state index is 0.313. The van der Waals surface area contributed by atoms with Crippen LogP contribution in [0.3, 0.4) is 0 Å². The van der Waals surface area contributed by atoms with E-state index in [1.54, 1.807) is 49.0 Å². The highest BCUT2D eigenvalue weighted by molar-refractivity contribution is 5.99. The molecule has 1 aromatic carbocycles. The Labute approximate surface area is 179 Å². The highest BCUT2D eigenvalue weighted by Gasteiger charge is 2.26. The third-order valence-electron chi connectivity index (χ3n) is 4.85. The van der Waals surface area contributed by atoms with Crippen LogP contribution in [0, 0.1) is 6.92 Å². The number of hydrogen-bond acceptors (Lipinski definition) is 6. The van der Waals surface area contributed by atoms with E-state index in [9.17, 15) is 9.90 Å². The zero-order chi connectivity index (χ0) is 22.2. The lowest BCUT2D eigenvalue weighted by Crippen LogP contribution is -2.20. The van der Waals surface area contributed by atoms with Crippen LogP contribution in [0.1, 0.15) is 25.0 Å². The van der Waals surface area contributed by atoms with Crippen molar-refractivity contribution in [3.05, 3.63) is 66.2 Å². The second-order valence-electron chi connectivity index (χ2n) is 7.79. The number of carbonyl (C=O) groups is 1. The van der Waals surface area contributed by atoms with Gasteiger partial charge in [-0.2, -0.15) is 5.10 Å². The van der Waals surface area contributed by atoms with Crippen molar-refractivity contribution in [2.45, 2.75) is 26.4 Å². The molecule has 0 aliphatic heterocycles. The van der Waals surface area contributed by atoms with Crippen LogP contribution in [0.4, 0.5) is 22.1 Å². The van der Waals surface area contributed by atoms with Gasteiger partial charge in [-0.1, -0.05) is 12.1 Å². The van der Waals surface area contributed by atoms with E-state index in [4.69, 9.17) is 5.73 Å². The predicted molar refractivity (Wildman–Crippen MR) is 120 cm³/mol. The van der Waals surface area contributed by atoms with Crippen molar-refractivity contribution in [1.82, 2.24) is 19.6 Å². The Kier molecular flexibility index (Phi) is 5.04. The summed E-state index contributed by atoms with van der Waals surface area (Å²) in [4.78, 5) is 20.5. The van der Waals surface area contributed by atoms with Gasteiger partial charge in [-0.05, 0) is 56.2 Å². The van der Waals surface area contributed by atoms with Gasteiger partial charge in [-0.3, -0.25) is 5.32 Å². The quantitative estimate of drug-likeness (QED) is 0.402. The van der Waals surface area contributed by atoms with Crippen molar-refractivity contribution in [3.63, 3.8) is 0 Å². The van der Waals surface area contributed by atoms with Gasteiger partial charge < -0.3 is 16.2 Å². The molecule has 0 saturated heterocycles. The smallest absolute Gasteiger partial charge is 0.324 e. The van der Waals surface area contributed by atoms with Crippen molar-refractivity contribution in [2.75, 3.05) is 16.4 Å². The van der Waals surface area contributed by atoms with E-state index in [0.29, 0.717) is 28.4 Å². The lowest BCUT2D eigenvalue weighted by Gasteiger charge is -2.18. The number of aromatic nitrogens is 4. The number of carbonyl (C=O) groups excluding carboxylic acids is 1. The molecule has 0 fully saturated rings. The fourth-order valence-electron chi connectivity index (χ4n) is 3.39. The molecule has 0 spiro atoms. The zero-order valence-corrected chi connectivity index (χ0v) is 17.4. The monoisotopic (exact) mass is 417 g/mol. The molecule has 0 saturated carbocycles. The Morgan fingerprint density at radius 1 is 1.13 bits per heavy atom. The van der Waals surface area contributed by atoms with Gasteiger partial charge in [-0.15, -0.1) is 0 Å². The van der Waals surface area contributed by atoms with Gasteiger partial charge in [0.05, 0.1) is 5.60 Å². The number of rotatable bonds is 4. The molecule has 9 nitrogen and oxygen atoms in total. The third-order valence-corrected chi connectivity index (χ3v) is 4.85. The Morgan fingerprint density at radius 3 is 2.55 bits per heavy atom. The van der Waals surface area contributed by atoms with E-state index in [1.165, 1.54) is 6.33 Å². The maximum atomic E-state index is 12.3. The number of nitrogens with two attached hydrogens (primary N) is 1. The van der Waals surface area contributed by atoms with Crippen LogP contribution in [0.25, 0.3) is 16.6 Å². The number of aliphatic hydroxyl groups is 1. The summed E-state index contributed by atoms with van der Waals surface area (Å²) in [6, 6.07) is 10.5. The maximum absolute atomic E-state index is 12.3. The van der Waals surface area contributed by atoms with Crippen LogP contribution in [0.2, 0.25) is 0 Å². The Hall–Kier alpha value is -3.98.